The van der Waals surface area contributed by atoms with Crippen molar-refractivity contribution in [2.24, 2.45) is 0 Å². The Kier molecular flexibility index (Phi) is 23.4. The third-order valence-electron chi connectivity index (χ3n) is 0.175. The Morgan fingerprint density at radius 1 is 1.71 bits per heavy atom. The van der Waals surface area contributed by atoms with Gasteiger partial charge in [-0.2, -0.15) is 0 Å². The fourth-order valence-corrected chi connectivity index (χ4v) is 0. The molecular formula is C3H8AlKO2. The summed E-state index contributed by atoms with van der Waals surface area (Å²) in [6.45, 7) is 2.96. The van der Waals surface area contributed by atoms with Gasteiger partial charge in [0.2, 0.25) is 0 Å². The molecule has 0 radical (unpaired) electrons. The molecule has 0 bridgehead atoms. The summed E-state index contributed by atoms with van der Waals surface area (Å²) in [6, 6.07) is 0. The second-order valence-corrected chi connectivity index (χ2v) is 0.542. The first-order valence-electron chi connectivity index (χ1n) is 1.12. The van der Waals surface area contributed by atoms with Gasteiger partial charge in [-0.3, -0.25) is 0 Å². The van der Waals surface area contributed by atoms with Gasteiger partial charge in [0.1, 0.15) is 0 Å². The Morgan fingerprint density at radius 2 is 1.86 bits per heavy atom. The van der Waals surface area contributed by atoms with Crippen LogP contribution in [0.5, 0.6) is 0 Å². The van der Waals surface area contributed by atoms with Crippen LogP contribution in [0, 0.1) is 0 Å². The Bertz CT molecular complexity index is 64.0. The average molecular weight is 142 g/mol. The molecule has 0 atom stereocenters. The zero-order valence-corrected chi connectivity index (χ0v) is 2.64. The zero-order chi connectivity index (χ0) is 4.28. The van der Waals surface area contributed by atoms with Gasteiger partial charge in [0.05, 0.1) is 0 Å². The standard InChI is InChI=1S/C3H4O2.Al.K.4H/c1-2-3(4)5;;;;;;/h2H,1H2,(H,4,5);;;;;;. The van der Waals surface area contributed by atoms with Crippen LogP contribution in [0.25, 0.3) is 0 Å². The van der Waals surface area contributed by atoms with E-state index in [9.17, 15) is 4.79 Å². The molecule has 0 saturated carbocycles. The van der Waals surface area contributed by atoms with E-state index in [-0.39, 0.29) is 68.7 Å². The first-order valence-corrected chi connectivity index (χ1v) is 1.12. The molecule has 1 N–H and O–H groups in total. The normalized spacial score (nSPS) is 4.57. The summed E-state index contributed by atoms with van der Waals surface area (Å²) in [5.74, 6) is -0.981. The number of hydrogen-bond donors (Lipinski definition) is 1. The predicted molar refractivity (Wildman–Crippen MR) is 34.9 cm³/mol. The van der Waals surface area contributed by atoms with Gasteiger partial charge in [-0.1, -0.05) is 6.58 Å². The molecule has 0 aliphatic carbocycles. The van der Waals surface area contributed by atoms with Crippen molar-refractivity contribution in [2.45, 2.75) is 0 Å². The van der Waals surface area contributed by atoms with Crippen LogP contribution in [0.15, 0.2) is 12.7 Å². The second kappa shape index (κ2) is 10.4. The number of rotatable bonds is 1. The van der Waals surface area contributed by atoms with Crippen molar-refractivity contribution in [1.82, 2.24) is 0 Å². The molecule has 4 heteroatoms. The van der Waals surface area contributed by atoms with Crippen LogP contribution in [-0.2, 0) is 4.79 Å². The molecule has 7 heavy (non-hydrogen) atoms. The SMILES string of the molecule is C=CC(=O)O.[AlH3].[KH]. The molecule has 2 nitrogen and oxygen atoms in total. The van der Waals surface area contributed by atoms with E-state index in [1.165, 1.54) is 0 Å². The van der Waals surface area contributed by atoms with E-state index >= 15 is 0 Å². The first kappa shape index (κ1) is 15.8. The van der Waals surface area contributed by atoms with Gasteiger partial charge in [0.15, 0.2) is 17.4 Å². The van der Waals surface area contributed by atoms with Crippen molar-refractivity contribution in [2.75, 3.05) is 0 Å². The van der Waals surface area contributed by atoms with Crippen LogP contribution in [0.3, 0.4) is 0 Å². The number of hydrogen-bond acceptors (Lipinski definition) is 1. The summed E-state index contributed by atoms with van der Waals surface area (Å²) in [5.41, 5.74) is 0. The number of carbonyl (C=O) groups is 1. The van der Waals surface area contributed by atoms with Crippen LogP contribution < -0.4 is 0 Å². The molecule has 0 aliphatic rings. The van der Waals surface area contributed by atoms with Crippen LogP contribution in [-0.4, -0.2) is 79.8 Å². The second-order valence-electron chi connectivity index (χ2n) is 0.542. The molecule has 0 spiro atoms. The van der Waals surface area contributed by atoms with E-state index in [0.29, 0.717) is 0 Å². The Hall–Kier alpha value is 1.38. The Morgan fingerprint density at radius 3 is 1.86 bits per heavy atom. The Balaban J connectivity index is -0.0000000800. The van der Waals surface area contributed by atoms with Crippen molar-refractivity contribution in [3.63, 3.8) is 0 Å². The summed E-state index contributed by atoms with van der Waals surface area (Å²) in [5, 5.41) is 7.60. The minimum absolute atomic E-state index is 0. The van der Waals surface area contributed by atoms with Gasteiger partial charge in [-0.25, -0.2) is 4.79 Å². The molecule has 0 amide bonds. The molecule has 0 aromatic carbocycles. The van der Waals surface area contributed by atoms with Gasteiger partial charge in [-0.15, -0.1) is 0 Å². The molecule has 0 saturated heterocycles. The monoisotopic (exact) mass is 142 g/mol. The van der Waals surface area contributed by atoms with Crippen molar-refractivity contribution >= 4 is 74.7 Å². The van der Waals surface area contributed by atoms with Gasteiger partial charge in [0.25, 0.3) is 0 Å². The zero-order valence-electron chi connectivity index (χ0n) is 2.64. The summed E-state index contributed by atoms with van der Waals surface area (Å²) in [7, 11) is 0. The Labute approximate surface area is 95.5 Å². The molecule has 0 aromatic rings. The summed E-state index contributed by atoms with van der Waals surface area (Å²) >= 11 is 0. The fraction of sp³-hybridized carbons (Fsp3) is 0. The van der Waals surface area contributed by atoms with E-state index in [0.717, 1.165) is 6.08 Å². The van der Waals surface area contributed by atoms with Crippen molar-refractivity contribution < 1.29 is 9.90 Å². The molecular weight excluding hydrogens is 134 g/mol. The minimum atomic E-state index is -0.981. The quantitative estimate of drug-likeness (QED) is 0.354. The molecule has 36 valence electrons. The van der Waals surface area contributed by atoms with E-state index in [4.69, 9.17) is 5.11 Å². The number of carboxylic acids is 1. The van der Waals surface area contributed by atoms with E-state index in [2.05, 4.69) is 6.58 Å². The third-order valence-corrected chi connectivity index (χ3v) is 0.175. The van der Waals surface area contributed by atoms with Gasteiger partial charge < -0.3 is 5.11 Å². The van der Waals surface area contributed by atoms with Crippen molar-refractivity contribution in [3.05, 3.63) is 12.7 Å². The maximum atomic E-state index is 9.25. The molecule has 0 rings (SSSR count). The molecule has 0 heterocycles. The summed E-state index contributed by atoms with van der Waals surface area (Å²) in [6.07, 6.45) is 0.833. The molecule has 0 unspecified atom stereocenters. The maximum absolute atomic E-state index is 9.25. The van der Waals surface area contributed by atoms with Crippen LogP contribution >= 0.6 is 0 Å². The molecule has 0 aliphatic heterocycles. The van der Waals surface area contributed by atoms with Gasteiger partial charge in [0, 0.05) is 6.08 Å². The molecule has 0 fully saturated rings. The van der Waals surface area contributed by atoms with Gasteiger partial charge >= 0.3 is 57.4 Å². The van der Waals surface area contributed by atoms with E-state index in [1.54, 1.807) is 0 Å². The first-order chi connectivity index (χ1) is 2.27. The average Bonchev–Trinajstić information content (AvgIpc) is 1.38. The predicted octanol–water partition coefficient (Wildman–Crippen LogP) is -1.58. The van der Waals surface area contributed by atoms with Crippen LogP contribution in [0.1, 0.15) is 0 Å². The van der Waals surface area contributed by atoms with Crippen molar-refractivity contribution in [1.29, 1.82) is 0 Å². The van der Waals surface area contributed by atoms with Crippen molar-refractivity contribution in [3.8, 4) is 0 Å². The van der Waals surface area contributed by atoms with Crippen LogP contribution in [0.2, 0.25) is 0 Å². The van der Waals surface area contributed by atoms with Crippen LogP contribution in [0.4, 0.5) is 0 Å². The fourth-order valence-electron chi connectivity index (χ4n) is 0. The third kappa shape index (κ3) is 18.7. The van der Waals surface area contributed by atoms with Gasteiger partial charge in [-0.05, 0) is 0 Å². The number of aliphatic carboxylic acids is 1. The van der Waals surface area contributed by atoms with E-state index in [1.807, 2.05) is 0 Å². The topological polar surface area (TPSA) is 37.3 Å². The summed E-state index contributed by atoms with van der Waals surface area (Å²) < 4.78 is 0. The van der Waals surface area contributed by atoms with E-state index < -0.39 is 5.97 Å². The summed E-state index contributed by atoms with van der Waals surface area (Å²) in [4.78, 5) is 9.25. The molecule has 0 aromatic heterocycles. The number of carboxylic acid groups (broad SMARTS) is 1.